The number of benzene rings is 2. The fourth-order valence-corrected chi connectivity index (χ4v) is 7.04. The van der Waals surface area contributed by atoms with Crippen LogP contribution in [0, 0.1) is 5.92 Å². The van der Waals surface area contributed by atoms with Crippen molar-refractivity contribution in [2.45, 2.75) is 189 Å². The Morgan fingerprint density at radius 3 is 1.50 bits per heavy atom. The number of carbonyl (C=O) groups excluding carboxylic acids is 1. The lowest BCUT2D eigenvalue weighted by molar-refractivity contribution is -0.217. The van der Waals surface area contributed by atoms with Gasteiger partial charge in [-0.15, -0.1) is 0 Å². The van der Waals surface area contributed by atoms with Gasteiger partial charge < -0.3 is 33.7 Å². The monoisotopic (exact) mass is 844 g/mol. The minimum absolute atomic E-state index is 0.0795. The van der Waals surface area contributed by atoms with Gasteiger partial charge in [-0.3, -0.25) is 21.3 Å². The number of rotatable bonds is 31. The Kier molecular flexibility index (Phi) is 25.7. The molecule has 2 aromatic carbocycles. The van der Waals surface area contributed by atoms with Gasteiger partial charge in [0.25, 0.3) is 0 Å². The van der Waals surface area contributed by atoms with E-state index in [0.717, 1.165) is 25.7 Å². The van der Waals surface area contributed by atoms with Crippen molar-refractivity contribution in [3.63, 3.8) is 0 Å². The fraction of sp³-hybridized carbons (Fsp3) is 0.729. The summed E-state index contributed by atoms with van der Waals surface area (Å²) in [4.78, 5) is 12.1. The highest BCUT2D eigenvalue weighted by atomic mass is 16.7. The molecule has 0 spiro atoms. The Hall–Kier alpha value is -2.65. The summed E-state index contributed by atoms with van der Waals surface area (Å²) >= 11 is 0. The van der Waals surface area contributed by atoms with E-state index in [2.05, 4.69) is 95.9 Å². The van der Waals surface area contributed by atoms with Crippen LogP contribution in [0.2, 0.25) is 0 Å². The van der Waals surface area contributed by atoms with Gasteiger partial charge in [0.1, 0.15) is 24.3 Å². The van der Waals surface area contributed by atoms with Crippen molar-refractivity contribution >= 4 is 6.09 Å². The molecule has 0 saturated carbocycles. The van der Waals surface area contributed by atoms with Crippen molar-refractivity contribution in [1.82, 2.24) is 26.6 Å². The quantitative estimate of drug-likeness (QED) is 0.0371. The molecule has 0 aliphatic rings. The second-order valence-corrected chi connectivity index (χ2v) is 18.0. The molecule has 0 bridgehead atoms. The summed E-state index contributed by atoms with van der Waals surface area (Å²) in [7, 11) is 0. The molecule has 0 fully saturated rings. The van der Waals surface area contributed by atoms with E-state index < -0.39 is 30.1 Å². The van der Waals surface area contributed by atoms with Crippen molar-refractivity contribution in [2.24, 2.45) is 5.92 Å². The Morgan fingerprint density at radius 2 is 1.05 bits per heavy atom. The predicted molar refractivity (Wildman–Crippen MR) is 244 cm³/mol. The Bertz CT molecular complexity index is 1370. The van der Waals surface area contributed by atoms with Crippen molar-refractivity contribution in [3.8, 4) is 0 Å². The van der Waals surface area contributed by atoms with E-state index in [0.29, 0.717) is 51.7 Å². The van der Waals surface area contributed by atoms with E-state index >= 15 is 0 Å². The van der Waals surface area contributed by atoms with Gasteiger partial charge in [-0.25, -0.2) is 4.79 Å². The maximum atomic E-state index is 12.1. The summed E-state index contributed by atoms with van der Waals surface area (Å²) in [6.45, 7) is 29.1. The average molecular weight is 844 g/mol. The average Bonchev–Trinajstić information content (AvgIpc) is 3.16. The van der Waals surface area contributed by atoms with Gasteiger partial charge in [0.15, 0.2) is 0 Å². The molecule has 0 aliphatic carbocycles. The lowest BCUT2D eigenvalue weighted by Gasteiger charge is -2.40. The van der Waals surface area contributed by atoms with Crippen LogP contribution in [-0.2, 0) is 41.3 Å². The summed E-state index contributed by atoms with van der Waals surface area (Å²) < 4.78 is 37.8. The van der Waals surface area contributed by atoms with E-state index in [1.54, 1.807) is 0 Å². The summed E-state index contributed by atoms with van der Waals surface area (Å²) in [6, 6.07) is 20.6. The lowest BCUT2D eigenvalue weighted by Crippen LogP contribution is -2.64. The molecule has 0 saturated heterocycles. The first-order valence-corrected chi connectivity index (χ1v) is 22.7. The molecule has 4 unspecified atom stereocenters. The number of amides is 1. The predicted octanol–water partition coefficient (Wildman–Crippen LogP) is 8.29. The molecule has 12 heteroatoms. The molecule has 2 rings (SSSR count). The summed E-state index contributed by atoms with van der Waals surface area (Å²) in [5.41, 5.74) is 1.40. The first kappa shape index (κ1) is 53.5. The van der Waals surface area contributed by atoms with Crippen molar-refractivity contribution in [1.29, 1.82) is 0 Å². The van der Waals surface area contributed by atoms with Gasteiger partial charge in [0, 0.05) is 45.1 Å². The third-order valence-electron chi connectivity index (χ3n) is 9.52. The highest BCUT2D eigenvalue weighted by molar-refractivity contribution is 5.67. The molecule has 0 aliphatic heterocycles. The molecule has 8 atom stereocenters. The van der Waals surface area contributed by atoms with E-state index in [4.69, 9.17) is 28.4 Å². The lowest BCUT2D eigenvalue weighted by atomic mass is 9.98. The highest BCUT2D eigenvalue weighted by Crippen LogP contribution is 2.19. The number of ether oxygens (including phenoxy) is 6. The minimum Gasteiger partial charge on any atom is -0.444 e. The SMILES string of the molecule is CCOC(N[C@H](Cc1ccccc1)C(N[C@H](Cc1ccccc1)C(N[C@H](CC(C)C)C(N[C@H](C)CCCCNC(=O)OC(C)(C)C)OCC)OCC)OCC)OC(C)(C)C. The van der Waals surface area contributed by atoms with E-state index in [1.807, 2.05) is 81.4 Å². The third kappa shape index (κ3) is 23.5. The van der Waals surface area contributed by atoms with Gasteiger partial charge in [-0.05, 0) is 125 Å². The molecule has 344 valence electrons. The number of carbonyl (C=O) groups is 1. The topological polar surface area (TPSA) is 133 Å². The second-order valence-electron chi connectivity index (χ2n) is 18.0. The Labute approximate surface area is 364 Å². The molecule has 0 heterocycles. The van der Waals surface area contributed by atoms with Crippen LogP contribution in [0.15, 0.2) is 60.7 Å². The van der Waals surface area contributed by atoms with E-state index in [-0.39, 0.29) is 36.5 Å². The largest absolute Gasteiger partial charge is 0.444 e. The number of nitrogens with one attached hydrogen (secondary N) is 5. The molecule has 0 aromatic heterocycles. The summed E-state index contributed by atoms with van der Waals surface area (Å²) in [6.07, 6.45) is 2.77. The van der Waals surface area contributed by atoms with E-state index in [9.17, 15) is 4.79 Å². The maximum absolute atomic E-state index is 12.1. The van der Waals surface area contributed by atoms with Crippen LogP contribution in [0.5, 0.6) is 0 Å². The van der Waals surface area contributed by atoms with E-state index in [1.165, 1.54) is 11.1 Å². The van der Waals surface area contributed by atoms with Gasteiger partial charge in [0.2, 0.25) is 6.41 Å². The highest BCUT2D eigenvalue weighted by Gasteiger charge is 2.35. The number of hydrogen-bond acceptors (Lipinski definition) is 11. The number of unbranched alkanes of at least 4 members (excludes halogenated alkanes) is 1. The first-order chi connectivity index (χ1) is 28.5. The zero-order valence-electron chi connectivity index (χ0n) is 39.6. The number of alkyl carbamates (subject to hydrolysis) is 1. The van der Waals surface area contributed by atoms with Crippen LogP contribution in [-0.4, -0.2) is 99.5 Å². The molecule has 0 radical (unpaired) electrons. The van der Waals surface area contributed by atoms with Crippen LogP contribution in [0.1, 0.15) is 127 Å². The van der Waals surface area contributed by atoms with Gasteiger partial charge in [0.05, 0.1) is 17.7 Å². The first-order valence-electron chi connectivity index (χ1n) is 22.7. The standard InChI is InChI=1S/C48H85N5O7/c1-14-55-42(50-36(7)26-24-25-31-49-45(54)59-47(8,9)10)39(32-35(5)6)51-43(56-15-2)40(33-37-27-20-18-21-28-37)52-44(57-16-3)41(34-38-29-22-19-23-30-38)53-46(58-17-4)60-48(11,12)13/h18-23,27-30,35-36,39-44,46,50-53H,14-17,24-26,31-34H2,1-13H3,(H,49,54)/t36-,39-,40-,41-,42?,43?,44?,46?/m1/s1. The van der Waals surface area contributed by atoms with Gasteiger partial charge in [-0.1, -0.05) is 80.9 Å². The summed E-state index contributed by atoms with van der Waals surface area (Å²) in [5, 5.41) is 18.3. The molecule has 5 N–H and O–H groups in total. The molecule has 60 heavy (non-hydrogen) atoms. The fourth-order valence-electron chi connectivity index (χ4n) is 7.04. The third-order valence-corrected chi connectivity index (χ3v) is 9.52. The molecular weight excluding hydrogens is 759 g/mol. The minimum atomic E-state index is -0.654. The Balaban J connectivity index is 2.45. The molecule has 12 nitrogen and oxygen atoms in total. The summed E-state index contributed by atoms with van der Waals surface area (Å²) in [5.74, 6) is 0.387. The van der Waals surface area contributed by atoms with Crippen molar-refractivity contribution < 1.29 is 33.2 Å². The van der Waals surface area contributed by atoms with Crippen LogP contribution >= 0.6 is 0 Å². The van der Waals surface area contributed by atoms with Gasteiger partial charge >= 0.3 is 6.09 Å². The van der Waals surface area contributed by atoms with Crippen LogP contribution in [0.3, 0.4) is 0 Å². The molecule has 1 amide bonds. The van der Waals surface area contributed by atoms with Crippen molar-refractivity contribution in [3.05, 3.63) is 71.8 Å². The normalized spacial score (nSPS) is 16.4. The Morgan fingerprint density at radius 1 is 0.583 bits per heavy atom. The van der Waals surface area contributed by atoms with Crippen LogP contribution in [0.25, 0.3) is 0 Å². The number of hydrogen-bond donors (Lipinski definition) is 5. The van der Waals surface area contributed by atoms with Gasteiger partial charge in [-0.2, -0.15) is 0 Å². The maximum Gasteiger partial charge on any atom is 0.407 e. The zero-order valence-corrected chi connectivity index (χ0v) is 39.6. The van der Waals surface area contributed by atoms with Crippen LogP contribution < -0.4 is 26.6 Å². The van der Waals surface area contributed by atoms with Crippen molar-refractivity contribution in [2.75, 3.05) is 33.0 Å². The zero-order chi connectivity index (χ0) is 44.6. The van der Waals surface area contributed by atoms with Crippen LogP contribution in [0.4, 0.5) is 4.79 Å². The molecular formula is C48H85N5O7. The smallest absolute Gasteiger partial charge is 0.407 e. The molecule has 2 aromatic rings. The second kappa shape index (κ2) is 28.9.